The fourth-order valence-corrected chi connectivity index (χ4v) is 2.78. The molecule has 0 bridgehead atoms. The fraction of sp³-hybridized carbons (Fsp3) is 0.375. The highest BCUT2D eigenvalue weighted by atomic mass is 16.5. The van der Waals surface area contributed by atoms with E-state index in [0.717, 1.165) is 18.4 Å². The number of anilines is 1. The first-order valence-electron chi connectivity index (χ1n) is 10.4. The number of carbonyl (C=O) groups is 3. The number of aryl methyl sites for hydroxylation is 1. The molecule has 0 aliphatic heterocycles. The van der Waals surface area contributed by atoms with Gasteiger partial charge in [-0.05, 0) is 54.8 Å². The van der Waals surface area contributed by atoms with Gasteiger partial charge in [-0.1, -0.05) is 19.4 Å². The maximum absolute atomic E-state index is 12.0. The Labute approximate surface area is 187 Å². The van der Waals surface area contributed by atoms with Gasteiger partial charge in [0, 0.05) is 12.1 Å². The van der Waals surface area contributed by atoms with E-state index >= 15 is 0 Å². The summed E-state index contributed by atoms with van der Waals surface area (Å²) in [5.74, 6) is -0.169. The van der Waals surface area contributed by atoms with Crippen LogP contribution in [0.2, 0.25) is 0 Å². The van der Waals surface area contributed by atoms with Gasteiger partial charge in [0.15, 0.2) is 18.1 Å². The molecule has 32 heavy (non-hydrogen) atoms. The van der Waals surface area contributed by atoms with Crippen LogP contribution in [0.25, 0.3) is 0 Å². The van der Waals surface area contributed by atoms with Crippen LogP contribution < -0.4 is 14.8 Å². The van der Waals surface area contributed by atoms with Gasteiger partial charge in [-0.25, -0.2) is 4.79 Å². The lowest BCUT2D eigenvalue weighted by Crippen LogP contribution is -2.21. The predicted molar refractivity (Wildman–Crippen MR) is 119 cm³/mol. The van der Waals surface area contributed by atoms with Crippen molar-refractivity contribution in [2.75, 3.05) is 32.8 Å². The number of benzene rings is 2. The van der Waals surface area contributed by atoms with Crippen LogP contribution >= 0.6 is 0 Å². The summed E-state index contributed by atoms with van der Waals surface area (Å²) in [6, 6.07) is 11.7. The topological polar surface area (TPSA) is 100 Å². The molecule has 172 valence electrons. The molecule has 0 aliphatic rings. The molecule has 0 unspecified atom stereocenters. The quantitative estimate of drug-likeness (QED) is 0.394. The molecule has 8 heteroatoms. The normalized spacial score (nSPS) is 10.2. The van der Waals surface area contributed by atoms with Crippen LogP contribution in [-0.4, -0.2) is 45.3 Å². The molecular weight excluding hydrogens is 414 g/mol. The van der Waals surface area contributed by atoms with Crippen LogP contribution in [0.4, 0.5) is 5.69 Å². The summed E-state index contributed by atoms with van der Waals surface area (Å²) in [5.41, 5.74) is 1.78. The van der Waals surface area contributed by atoms with Crippen LogP contribution in [-0.2, 0) is 25.5 Å². The average molecular weight is 443 g/mol. The van der Waals surface area contributed by atoms with Gasteiger partial charge in [-0.3, -0.25) is 9.59 Å². The monoisotopic (exact) mass is 443 g/mol. The SMILES string of the molecule is CCCCOC(=O)c1ccc(NC(=O)COC(=O)CCc2ccc(OC)c(OC)c2)cc1. The molecule has 0 fully saturated rings. The summed E-state index contributed by atoms with van der Waals surface area (Å²) in [5, 5.41) is 2.62. The highest BCUT2D eigenvalue weighted by Gasteiger charge is 2.11. The van der Waals surface area contributed by atoms with Gasteiger partial charge in [-0.2, -0.15) is 0 Å². The molecule has 0 spiro atoms. The maximum Gasteiger partial charge on any atom is 0.338 e. The van der Waals surface area contributed by atoms with Crippen molar-refractivity contribution in [3.05, 3.63) is 53.6 Å². The number of rotatable bonds is 12. The van der Waals surface area contributed by atoms with Gasteiger partial charge >= 0.3 is 11.9 Å². The number of esters is 2. The number of methoxy groups -OCH3 is 2. The van der Waals surface area contributed by atoms with Crippen LogP contribution in [0.5, 0.6) is 11.5 Å². The van der Waals surface area contributed by atoms with E-state index in [1.54, 1.807) is 50.6 Å². The van der Waals surface area contributed by atoms with Crippen molar-refractivity contribution in [3.63, 3.8) is 0 Å². The first-order valence-corrected chi connectivity index (χ1v) is 10.4. The lowest BCUT2D eigenvalue weighted by Gasteiger charge is -2.10. The summed E-state index contributed by atoms with van der Waals surface area (Å²) >= 11 is 0. The first kappa shape index (κ1) is 24.7. The number of ether oxygens (including phenoxy) is 4. The van der Waals surface area contributed by atoms with E-state index < -0.39 is 24.5 Å². The van der Waals surface area contributed by atoms with Crippen molar-refractivity contribution in [1.29, 1.82) is 0 Å². The molecular formula is C24H29NO7. The van der Waals surface area contributed by atoms with Crippen molar-refractivity contribution >= 4 is 23.5 Å². The maximum atomic E-state index is 12.0. The van der Waals surface area contributed by atoms with Gasteiger partial charge in [-0.15, -0.1) is 0 Å². The second-order valence-corrected chi connectivity index (χ2v) is 6.97. The highest BCUT2D eigenvalue weighted by molar-refractivity contribution is 5.94. The minimum atomic E-state index is -0.486. The molecule has 0 saturated heterocycles. The molecule has 1 amide bonds. The van der Waals surface area contributed by atoms with Crippen molar-refractivity contribution in [3.8, 4) is 11.5 Å². The smallest absolute Gasteiger partial charge is 0.338 e. The Morgan fingerprint density at radius 1 is 0.906 bits per heavy atom. The lowest BCUT2D eigenvalue weighted by atomic mass is 10.1. The van der Waals surface area contributed by atoms with E-state index in [9.17, 15) is 14.4 Å². The second kappa shape index (κ2) is 13.0. The number of hydrogen-bond acceptors (Lipinski definition) is 7. The molecule has 0 atom stereocenters. The molecule has 2 aromatic rings. The molecule has 0 saturated carbocycles. The van der Waals surface area contributed by atoms with Gasteiger partial charge in [0.1, 0.15) is 0 Å². The van der Waals surface area contributed by atoms with Crippen LogP contribution in [0, 0.1) is 0 Å². The van der Waals surface area contributed by atoms with E-state index in [1.165, 1.54) is 0 Å². The number of unbranched alkanes of at least 4 members (excludes halogenated alkanes) is 1. The third-order valence-electron chi connectivity index (χ3n) is 4.57. The minimum Gasteiger partial charge on any atom is -0.493 e. The average Bonchev–Trinajstić information content (AvgIpc) is 2.81. The zero-order valence-corrected chi connectivity index (χ0v) is 18.6. The summed E-state index contributed by atoms with van der Waals surface area (Å²) in [6.07, 6.45) is 2.32. The molecule has 8 nitrogen and oxygen atoms in total. The minimum absolute atomic E-state index is 0.123. The Bertz CT molecular complexity index is 909. The van der Waals surface area contributed by atoms with E-state index in [0.29, 0.717) is 35.8 Å². The lowest BCUT2D eigenvalue weighted by molar-refractivity contribution is -0.147. The highest BCUT2D eigenvalue weighted by Crippen LogP contribution is 2.28. The van der Waals surface area contributed by atoms with E-state index in [2.05, 4.69) is 5.32 Å². The van der Waals surface area contributed by atoms with Crippen molar-refractivity contribution in [2.45, 2.75) is 32.6 Å². The molecule has 0 aromatic heterocycles. The van der Waals surface area contributed by atoms with Crippen LogP contribution in [0.15, 0.2) is 42.5 Å². The van der Waals surface area contributed by atoms with Gasteiger partial charge in [0.05, 0.1) is 26.4 Å². The largest absolute Gasteiger partial charge is 0.493 e. The standard InChI is InChI=1S/C24H29NO7/c1-4-5-14-31-24(28)18-8-10-19(11-9-18)25-22(26)16-32-23(27)13-7-17-6-12-20(29-2)21(15-17)30-3/h6,8-12,15H,4-5,7,13-14,16H2,1-3H3,(H,25,26). The molecule has 2 rings (SSSR count). The van der Waals surface area contributed by atoms with E-state index in [1.807, 2.05) is 13.0 Å². The summed E-state index contributed by atoms with van der Waals surface area (Å²) in [4.78, 5) is 35.9. The van der Waals surface area contributed by atoms with Gasteiger partial charge in [0.25, 0.3) is 5.91 Å². The van der Waals surface area contributed by atoms with E-state index in [-0.39, 0.29) is 6.42 Å². The van der Waals surface area contributed by atoms with Crippen molar-refractivity contribution < 1.29 is 33.3 Å². The first-order chi connectivity index (χ1) is 15.5. The number of hydrogen-bond donors (Lipinski definition) is 1. The summed E-state index contributed by atoms with van der Waals surface area (Å²) in [7, 11) is 3.10. The Kier molecular flexibility index (Phi) is 10.0. The fourth-order valence-electron chi connectivity index (χ4n) is 2.78. The third kappa shape index (κ3) is 7.94. The molecule has 0 heterocycles. The van der Waals surface area contributed by atoms with Gasteiger partial charge < -0.3 is 24.3 Å². The summed E-state index contributed by atoms with van der Waals surface area (Å²) in [6.45, 7) is 2.00. The molecule has 1 N–H and O–H groups in total. The Morgan fingerprint density at radius 2 is 1.62 bits per heavy atom. The number of carbonyl (C=O) groups excluding carboxylic acids is 3. The molecule has 2 aromatic carbocycles. The Balaban J connectivity index is 1.74. The van der Waals surface area contributed by atoms with Gasteiger partial charge in [0.2, 0.25) is 0 Å². The van der Waals surface area contributed by atoms with Crippen molar-refractivity contribution in [1.82, 2.24) is 0 Å². The van der Waals surface area contributed by atoms with Crippen molar-refractivity contribution in [2.24, 2.45) is 0 Å². The van der Waals surface area contributed by atoms with E-state index in [4.69, 9.17) is 18.9 Å². The number of nitrogens with one attached hydrogen (secondary N) is 1. The zero-order valence-electron chi connectivity index (χ0n) is 18.6. The third-order valence-corrected chi connectivity index (χ3v) is 4.57. The van der Waals surface area contributed by atoms with Crippen LogP contribution in [0.1, 0.15) is 42.1 Å². The predicted octanol–water partition coefficient (Wildman–Crippen LogP) is 3.78. The molecule has 0 aliphatic carbocycles. The summed E-state index contributed by atoms with van der Waals surface area (Å²) < 4.78 is 20.6. The number of amides is 1. The Hall–Kier alpha value is -3.55. The Morgan fingerprint density at radius 3 is 2.28 bits per heavy atom. The second-order valence-electron chi connectivity index (χ2n) is 6.97. The molecule has 0 radical (unpaired) electrons. The zero-order chi connectivity index (χ0) is 23.3. The van der Waals surface area contributed by atoms with Crippen LogP contribution in [0.3, 0.4) is 0 Å².